The molecule has 0 aliphatic heterocycles. The molecule has 4 aromatic rings. The minimum atomic E-state index is 0.0361. The maximum absolute atomic E-state index is 12.7. The van der Waals surface area contributed by atoms with Crippen LogP contribution in [0.5, 0.6) is 0 Å². The molecule has 2 nitrogen and oxygen atoms in total. The highest BCUT2D eigenvalue weighted by Crippen LogP contribution is 2.34. The van der Waals surface area contributed by atoms with E-state index < -0.39 is 0 Å². The molecule has 136 valence electrons. The van der Waals surface area contributed by atoms with Crippen LogP contribution in [0.3, 0.4) is 0 Å². The highest BCUT2D eigenvalue weighted by Gasteiger charge is 2.14. The second kappa shape index (κ2) is 7.93. The summed E-state index contributed by atoms with van der Waals surface area (Å²) in [5.41, 5.74) is 5.78. The summed E-state index contributed by atoms with van der Waals surface area (Å²) in [6, 6.07) is 35.9. The molecule has 0 unspecified atom stereocenters. The zero-order chi connectivity index (χ0) is 19.3. The lowest BCUT2D eigenvalue weighted by Gasteiger charge is -2.25. The van der Waals surface area contributed by atoms with Gasteiger partial charge in [0.2, 0.25) is 0 Å². The molecule has 4 rings (SSSR count). The van der Waals surface area contributed by atoms with Gasteiger partial charge in [-0.15, -0.1) is 0 Å². The molecule has 0 bridgehead atoms. The summed E-state index contributed by atoms with van der Waals surface area (Å²) in [4.78, 5) is 14.9. The van der Waals surface area contributed by atoms with E-state index >= 15 is 0 Å². The van der Waals surface area contributed by atoms with Crippen LogP contribution in [0.15, 0.2) is 109 Å². The van der Waals surface area contributed by atoms with E-state index in [1.54, 1.807) is 0 Å². The van der Waals surface area contributed by atoms with Crippen LogP contribution in [0.2, 0.25) is 0 Å². The highest BCUT2D eigenvalue weighted by atomic mass is 16.1. The van der Waals surface area contributed by atoms with Crippen molar-refractivity contribution in [2.24, 2.45) is 0 Å². The van der Waals surface area contributed by atoms with Crippen molar-refractivity contribution in [3.63, 3.8) is 0 Å². The molecule has 0 aliphatic carbocycles. The van der Waals surface area contributed by atoms with Crippen LogP contribution in [0.1, 0.15) is 21.5 Å². The number of anilines is 3. The molecular weight excluding hydrogens is 342 g/mol. The number of hydrogen-bond donors (Lipinski definition) is 0. The first kappa shape index (κ1) is 17.7. The van der Waals surface area contributed by atoms with Crippen molar-refractivity contribution in [1.82, 2.24) is 0 Å². The second-order valence-electron chi connectivity index (χ2n) is 6.75. The molecule has 0 heterocycles. The third-order valence-electron chi connectivity index (χ3n) is 4.70. The summed E-state index contributed by atoms with van der Waals surface area (Å²) in [6.07, 6.45) is 0. The fourth-order valence-electron chi connectivity index (χ4n) is 3.31. The number of para-hydroxylation sites is 1. The fourth-order valence-corrected chi connectivity index (χ4v) is 3.31. The Morgan fingerprint density at radius 2 is 1.11 bits per heavy atom. The number of carbonyl (C=O) groups is 1. The lowest BCUT2D eigenvalue weighted by atomic mass is 10.0. The van der Waals surface area contributed by atoms with Crippen LogP contribution in [-0.2, 0) is 0 Å². The van der Waals surface area contributed by atoms with E-state index in [0.29, 0.717) is 11.1 Å². The largest absolute Gasteiger partial charge is 0.310 e. The summed E-state index contributed by atoms with van der Waals surface area (Å²) in [5.74, 6) is 0.0361. The first-order valence-electron chi connectivity index (χ1n) is 9.34. The first-order valence-corrected chi connectivity index (χ1v) is 9.34. The minimum absolute atomic E-state index is 0.0361. The summed E-state index contributed by atoms with van der Waals surface area (Å²) in [7, 11) is 0. The predicted octanol–water partition coefficient (Wildman–Crippen LogP) is 6.70. The molecule has 4 aromatic carbocycles. The van der Waals surface area contributed by atoms with Gasteiger partial charge in [0.25, 0.3) is 0 Å². The third kappa shape index (κ3) is 3.72. The van der Waals surface area contributed by atoms with Crippen LogP contribution in [-0.4, -0.2) is 5.78 Å². The van der Waals surface area contributed by atoms with Crippen molar-refractivity contribution in [2.45, 2.75) is 6.92 Å². The topological polar surface area (TPSA) is 20.3 Å². The number of benzene rings is 4. The Morgan fingerprint density at radius 1 is 0.571 bits per heavy atom. The molecule has 28 heavy (non-hydrogen) atoms. The molecule has 0 saturated carbocycles. The number of ketones is 1. The third-order valence-corrected chi connectivity index (χ3v) is 4.70. The zero-order valence-corrected chi connectivity index (χ0v) is 15.7. The molecule has 0 amide bonds. The zero-order valence-electron chi connectivity index (χ0n) is 15.7. The smallest absolute Gasteiger partial charge is 0.193 e. The van der Waals surface area contributed by atoms with E-state index in [1.165, 1.54) is 5.56 Å². The van der Waals surface area contributed by atoms with E-state index in [4.69, 9.17) is 0 Å². The summed E-state index contributed by atoms with van der Waals surface area (Å²) < 4.78 is 0. The molecule has 0 radical (unpaired) electrons. The molecule has 0 aromatic heterocycles. The predicted molar refractivity (Wildman–Crippen MR) is 116 cm³/mol. The molecule has 0 atom stereocenters. The Balaban J connectivity index is 1.72. The van der Waals surface area contributed by atoms with E-state index in [-0.39, 0.29) is 5.78 Å². The van der Waals surface area contributed by atoms with Gasteiger partial charge in [-0.25, -0.2) is 0 Å². The summed E-state index contributed by atoms with van der Waals surface area (Å²) in [6.45, 7) is 2.09. The number of carbonyl (C=O) groups excluding carboxylic acids is 1. The van der Waals surface area contributed by atoms with Crippen molar-refractivity contribution in [3.05, 3.63) is 126 Å². The molecule has 0 saturated heterocycles. The SMILES string of the molecule is Cc1cccc(N(c2ccccc2)c2ccc(C(=O)c3ccccc3)cc2)c1. The van der Waals surface area contributed by atoms with Crippen molar-refractivity contribution in [2.75, 3.05) is 4.90 Å². The second-order valence-corrected chi connectivity index (χ2v) is 6.75. The Kier molecular flexibility index (Phi) is 5.03. The average molecular weight is 363 g/mol. The molecule has 0 N–H and O–H groups in total. The molecule has 0 spiro atoms. The minimum Gasteiger partial charge on any atom is -0.310 e. The van der Waals surface area contributed by atoms with E-state index in [1.807, 2.05) is 72.8 Å². The van der Waals surface area contributed by atoms with Crippen LogP contribution >= 0.6 is 0 Å². The quantitative estimate of drug-likeness (QED) is 0.368. The number of hydrogen-bond acceptors (Lipinski definition) is 2. The summed E-state index contributed by atoms with van der Waals surface area (Å²) in [5, 5.41) is 0. The van der Waals surface area contributed by atoms with Gasteiger partial charge in [-0.2, -0.15) is 0 Å². The number of aryl methyl sites for hydroxylation is 1. The lowest BCUT2D eigenvalue weighted by molar-refractivity contribution is 0.103. The number of rotatable bonds is 5. The molecular formula is C26H21NO. The Labute approximate surface area is 165 Å². The Bertz CT molecular complexity index is 1070. The van der Waals surface area contributed by atoms with E-state index in [9.17, 15) is 4.79 Å². The van der Waals surface area contributed by atoms with Gasteiger partial charge in [0, 0.05) is 28.2 Å². The van der Waals surface area contributed by atoms with Gasteiger partial charge >= 0.3 is 0 Å². The molecule has 2 heteroatoms. The average Bonchev–Trinajstić information content (AvgIpc) is 2.75. The molecule has 0 aliphatic rings. The Morgan fingerprint density at radius 3 is 1.75 bits per heavy atom. The van der Waals surface area contributed by atoms with Gasteiger partial charge in [0.15, 0.2) is 5.78 Å². The van der Waals surface area contributed by atoms with Crippen LogP contribution in [0.4, 0.5) is 17.1 Å². The fraction of sp³-hybridized carbons (Fsp3) is 0.0385. The van der Waals surface area contributed by atoms with Gasteiger partial charge in [-0.3, -0.25) is 4.79 Å². The van der Waals surface area contributed by atoms with Crippen molar-refractivity contribution >= 4 is 22.8 Å². The standard InChI is InChI=1S/C26H21NO/c1-20-9-8-14-25(19-20)27(23-12-6-3-7-13-23)24-17-15-22(16-18-24)26(28)21-10-4-2-5-11-21/h2-19H,1H3. The van der Waals surface area contributed by atoms with Crippen molar-refractivity contribution in [3.8, 4) is 0 Å². The first-order chi connectivity index (χ1) is 13.7. The van der Waals surface area contributed by atoms with Crippen molar-refractivity contribution < 1.29 is 4.79 Å². The van der Waals surface area contributed by atoms with Gasteiger partial charge in [0.1, 0.15) is 0 Å². The van der Waals surface area contributed by atoms with Gasteiger partial charge in [-0.05, 0) is 61.0 Å². The highest BCUT2D eigenvalue weighted by molar-refractivity contribution is 6.09. The van der Waals surface area contributed by atoms with Crippen molar-refractivity contribution in [1.29, 1.82) is 0 Å². The van der Waals surface area contributed by atoms with E-state index in [2.05, 4.69) is 48.2 Å². The maximum atomic E-state index is 12.7. The van der Waals surface area contributed by atoms with Gasteiger partial charge in [-0.1, -0.05) is 60.7 Å². The van der Waals surface area contributed by atoms with Gasteiger partial charge < -0.3 is 4.90 Å². The normalized spacial score (nSPS) is 10.5. The van der Waals surface area contributed by atoms with E-state index in [0.717, 1.165) is 17.1 Å². The van der Waals surface area contributed by atoms with Crippen LogP contribution in [0.25, 0.3) is 0 Å². The number of nitrogens with zero attached hydrogens (tertiary/aromatic N) is 1. The molecule has 0 fully saturated rings. The summed E-state index contributed by atoms with van der Waals surface area (Å²) >= 11 is 0. The monoisotopic (exact) mass is 363 g/mol. The maximum Gasteiger partial charge on any atom is 0.193 e. The van der Waals surface area contributed by atoms with Gasteiger partial charge in [0.05, 0.1) is 0 Å². The Hall–Kier alpha value is -3.65. The van der Waals surface area contributed by atoms with Crippen LogP contribution in [0, 0.1) is 6.92 Å². The lowest BCUT2D eigenvalue weighted by Crippen LogP contribution is -2.10. The van der Waals surface area contributed by atoms with Crippen LogP contribution < -0.4 is 4.90 Å².